The maximum atomic E-state index is 12.4. The van der Waals surface area contributed by atoms with Crippen LogP contribution in [0.1, 0.15) is 18.9 Å². The van der Waals surface area contributed by atoms with E-state index in [0.29, 0.717) is 11.4 Å². The third-order valence-electron chi connectivity index (χ3n) is 5.01. The van der Waals surface area contributed by atoms with Crippen LogP contribution in [0, 0.1) is 0 Å². The van der Waals surface area contributed by atoms with Gasteiger partial charge in [0.25, 0.3) is 0 Å². The zero-order valence-electron chi connectivity index (χ0n) is 15.0. The summed E-state index contributed by atoms with van der Waals surface area (Å²) >= 11 is 6.20. The number of ether oxygens (including phenoxy) is 1. The molecule has 0 aliphatic carbocycles. The molecule has 0 saturated carbocycles. The molecule has 1 heterocycles. The van der Waals surface area contributed by atoms with Crippen molar-refractivity contribution in [1.82, 2.24) is 0 Å². The first-order chi connectivity index (χ1) is 13.0. The van der Waals surface area contributed by atoms with Crippen molar-refractivity contribution in [3.8, 4) is 11.1 Å². The Bertz CT molecular complexity index is 956. The summed E-state index contributed by atoms with van der Waals surface area (Å²) in [7, 11) is 0. The van der Waals surface area contributed by atoms with Gasteiger partial charge in [0.1, 0.15) is 11.6 Å². The van der Waals surface area contributed by atoms with E-state index in [1.165, 1.54) is 0 Å². The van der Waals surface area contributed by atoms with Gasteiger partial charge in [0.05, 0.1) is 10.7 Å². The van der Waals surface area contributed by atoms with E-state index in [2.05, 4.69) is 29.6 Å². The summed E-state index contributed by atoms with van der Waals surface area (Å²) in [5, 5.41) is 3.80. The Morgan fingerprint density at radius 1 is 0.926 bits per heavy atom. The molecule has 2 atom stereocenters. The van der Waals surface area contributed by atoms with Gasteiger partial charge in [0, 0.05) is 6.42 Å². The number of carbonyl (C=O) groups is 1. The summed E-state index contributed by atoms with van der Waals surface area (Å²) in [5.41, 5.74) is 3.36. The molecule has 0 spiro atoms. The van der Waals surface area contributed by atoms with E-state index in [1.54, 1.807) is 6.07 Å². The van der Waals surface area contributed by atoms with Gasteiger partial charge in [-0.2, -0.15) is 0 Å². The van der Waals surface area contributed by atoms with Crippen LogP contribution in [0.15, 0.2) is 78.9 Å². The number of benzene rings is 3. The highest BCUT2D eigenvalue weighted by atomic mass is 35.5. The fraction of sp³-hybridized carbons (Fsp3) is 0.174. The summed E-state index contributed by atoms with van der Waals surface area (Å²) in [4.78, 5) is 12.4. The first-order valence-electron chi connectivity index (χ1n) is 8.95. The summed E-state index contributed by atoms with van der Waals surface area (Å²) in [5.74, 6) is -0.260. The second kappa shape index (κ2) is 7.09. The molecule has 1 saturated heterocycles. The van der Waals surface area contributed by atoms with E-state index in [-0.39, 0.29) is 5.97 Å². The summed E-state index contributed by atoms with van der Waals surface area (Å²) < 4.78 is 5.76. The molecule has 0 amide bonds. The molecule has 0 radical (unpaired) electrons. The van der Waals surface area contributed by atoms with E-state index in [0.717, 1.165) is 22.4 Å². The lowest BCUT2D eigenvalue weighted by molar-refractivity contribution is -0.148. The third kappa shape index (κ3) is 3.56. The average Bonchev–Trinajstić information content (AvgIpc) is 2.99. The minimum absolute atomic E-state index is 0.260. The van der Waals surface area contributed by atoms with Crippen molar-refractivity contribution in [1.29, 1.82) is 0 Å². The Balaban J connectivity index is 1.54. The van der Waals surface area contributed by atoms with Gasteiger partial charge in [-0.05, 0) is 35.7 Å². The van der Waals surface area contributed by atoms with Crippen molar-refractivity contribution in [2.45, 2.75) is 25.0 Å². The largest absolute Gasteiger partial charge is 0.453 e. The SMILES string of the molecule is CC1(c2ccc(-c3ccccc3)cc2)CC(Nc2ccccc2Cl)C(=O)O1. The van der Waals surface area contributed by atoms with Crippen LogP contribution in [0.25, 0.3) is 11.1 Å². The van der Waals surface area contributed by atoms with E-state index in [1.807, 2.05) is 55.5 Å². The minimum Gasteiger partial charge on any atom is -0.453 e. The van der Waals surface area contributed by atoms with E-state index in [9.17, 15) is 4.79 Å². The standard InChI is InChI=1S/C23H20ClNO2/c1-23(18-13-11-17(12-14-18)16-7-3-2-4-8-16)15-21(22(26)27-23)25-20-10-6-5-9-19(20)24/h2-14,21,25H,15H2,1H3. The molecule has 3 aromatic rings. The number of hydrogen-bond acceptors (Lipinski definition) is 3. The average molecular weight is 378 g/mol. The van der Waals surface area contributed by atoms with Crippen LogP contribution < -0.4 is 5.32 Å². The van der Waals surface area contributed by atoms with Crippen molar-refractivity contribution in [3.05, 3.63) is 89.4 Å². The molecule has 0 bridgehead atoms. The predicted molar refractivity (Wildman–Crippen MR) is 109 cm³/mol. The molecule has 4 rings (SSSR count). The lowest BCUT2D eigenvalue weighted by atomic mass is 9.90. The first kappa shape index (κ1) is 17.6. The zero-order valence-corrected chi connectivity index (χ0v) is 15.7. The van der Waals surface area contributed by atoms with Crippen molar-refractivity contribution in [2.75, 3.05) is 5.32 Å². The van der Waals surface area contributed by atoms with E-state index in [4.69, 9.17) is 16.3 Å². The second-order valence-electron chi connectivity index (χ2n) is 6.98. The molecule has 1 aliphatic rings. The topological polar surface area (TPSA) is 38.3 Å². The normalized spacial score (nSPS) is 21.7. The number of esters is 1. The summed E-state index contributed by atoms with van der Waals surface area (Å²) in [6.45, 7) is 1.96. The van der Waals surface area contributed by atoms with Crippen molar-refractivity contribution in [2.24, 2.45) is 0 Å². The van der Waals surface area contributed by atoms with Gasteiger partial charge >= 0.3 is 5.97 Å². The van der Waals surface area contributed by atoms with Gasteiger partial charge in [-0.3, -0.25) is 0 Å². The van der Waals surface area contributed by atoms with Gasteiger partial charge in [-0.25, -0.2) is 4.79 Å². The monoisotopic (exact) mass is 377 g/mol. The highest BCUT2D eigenvalue weighted by molar-refractivity contribution is 6.33. The van der Waals surface area contributed by atoms with Crippen LogP contribution in [-0.2, 0) is 15.1 Å². The van der Waals surface area contributed by atoms with Crippen LogP contribution in [0.3, 0.4) is 0 Å². The number of cyclic esters (lactones) is 1. The molecular formula is C23H20ClNO2. The third-order valence-corrected chi connectivity index (χ3v) is 5.34. The number of hydrogen-bond donors (Lipinski definition) is 1. The molecule has 1 N–H and O–H groups in total. The van der Waals surface area contributed by atoms with E-state index >= 15 is 0 Å². The Morgan fingerprint density at radius 3 is 2.26 bits per heavy atom. The molecule has 3 nitrogen and oxygen atoms in total. The van der Waals surface area contributed by atoms with E-state index < -0.39 is 11.6 Å². The lowest BCUT2D eigenvalue weighted by Crippen LogP contribution is -2.25. The highest BCUT2D eigenvalue weighted by Gasteiger charge is 2.44. The summed E-state index contributed by atoms with van der Waals surface area (Å²) in [6, 6.07) is 25.4. The molecule has 136 valence electrons. The number of anilines is 1. The fourth-order valence-corrected chi connectivity index (χ4v) is 3.70. The maximum Gasteiger partial charge on any atom is 0.329 e. The Labute approximate surface area is 163 Å². The fourth-order valence-electron chi connectivity index (χ4n) is 3.51. The predicted octanol–water partition coefficient (Wildman–Crippen LogP) is 5.65. The van der Waals surface area contributed by atoms with Crippen LogP contribution in [0.5, 0.6) is 0 Å². The number of nitrogens with one attached hydrogen (secondary N) is 1. The van der Waals surface area contributed by atoms with Gasteiger partial charge in [0.15, 0.2) is 0 Å². The van der Waals surface area contributed by atoms with Crippen LogP contribution in [-0.4, -0.2) is 12.0 Å². The first-order valence-corrected chi connectivity index (χ1v) is 9.33. The van der Waals surface area contributed by atoms with Gasteiger partial charge in [0.2, 0.25) is 0 Å². The van der Waals surface area contributed by atoms with Crippen LogP contribution in [0.4, 0.5) is 5.69 Å². The number of rotatable bonds is 4. The summed E-state index contributed by atoms with van der Waals surface area (Å²) in [6.07, 6.45) is 0.543. The smallest absolute Gasteiger partial charge is 0.329 e. The Kier molecular flexibility index (Phi) is 4.63. The molecule has 2 unspecified atom stereocenters. The van der Waals surface area contributed by atoms with Gasteiger partial charge in [-0.1, -0.05) is 78.3 Å². The number of para-hydroxylation sites is 1. The Hall–Kier alpha value is -2.78. The van der Waals surface area contributed by atoms with Crippen molar-refractivity contribution in [3.63, 3.8) is 0 Å². The second-order valence-corrected chi connectivity index (χ2v) is 7.38. The molecule has 3 aromatic carbocycles. The minimum atomic E-state index is -0.661. The quantitative estimate of drug-likeness (QED) is 0.597. The molecule has 1 aliphatic heterocycles. The maximum absolute atomic E-state index is 12.4. The molecule has 4 heteroatoms. The zero-order chi connectivity index (χ0) is 18.9. The van der Waals surface area contributed by atoms with Crippen molar-refractivity contribution >= 4 is 23.3 Å². The molecular weight excluding hydrogens is 358 g/mol. The number of halogens is 1. The molecule has 1 fully saturated rings. The van der Waals surface area contributed by atoms with Crippen LogP contribution in [0.2, 0.25) is 5.02 Å². The lowest BCUT2D eigenvalue weighted by Gasteiger charge is -2.23. The highest BCUT2D eigenvalue weighted by Crippen LogP contribution is 2.39. The molecule has 0 aromatic heterocycles. The van der Waals surface area contributed by atoms with Gasteiger partial charge < -0.3 is 10.1 Å². The number of carbonyl (C=O) groups excluding carboxylic acids is 1. The van der Waals surface area contributed by atoms with Gasteiger partial charge in [-0.15, -0.1) is 0 Å². The molecule has 27 heavy (non-hydrogen) atoms. The Morgan fingerprint density at radius 2 is 1.56 bits per heavy atom. The van der Waals surface area contributed by atoms with Crippen LogP contribution >= 0.6 is 11.6 Å². The van der Waals surface area contributed by atoms with Crippen molar-refractivity contribution < 1.29 is 9.53 Å².